The van der Waals surface area contributed by atoms with E-state index in [0.717, 1.165) is 56.2 Å². The Morgan fingerprint density at radius 2 is 1.55 bits per heavy atom. The SMILES string of the molecule is O=C(NC1CCCCC1)C(C1CCCCC1)C1(c2ccc(Cl)s2)Nc2cc(F)c(F)cc2N1. The Kier molecular flexibility index (Phi) is 6.54. The van der Waals surface area contributed by atoms with Crippen molar-refractivity contribution in [2.75, 3.05) is 10.6 Å². The van der Waals surface area contributed by atoms with Gasteiger partial charge in [0.15, 0.2) is 17.3 Å². The zero-order chi connectivity index (χ0) is 23.0. The van der Waals surface area contributed by atoms with Crippen LogP contribution in [0.5, 0.6) is 0 Å². The topological polar surface area (TPSA) is 53.2 Å². The van der Waals surface area contributed by atoms with Crippen LogP contribution >= 0.6 is 22.9 Å². The number of benzene rings is 1. The molecule has 2 saturated carbocycles. The zero-order valence-corrected chi connectivity index (χ0v) is 20.1. The summed E-state index contributed by atoms with van der Waals surface area (Å²) in [6.07, 6.45) is 10.7. The summed E-state index contributed by atoms with van der Waals surface area (Å²) >= 11 is 7.72. The molecule has 1 atom stereocenters. The number of carbonyl (C=O) groups is 1. The van der Waals surface area contributed by atoms with Crippen molar-refractivity contribution >= 4 is 40.2 Å². The zero-order valence-electron chi connectivity index (χ0n) is 18.6. The van der Waals surface area contributed by atoms with Gasteiger partial charge in [-0.15, -0.1) is 11.3 Å². The lowest BCUT2D eigenvalue weighted by atomic mass is 9.72. The lowest BCUT2D eigenvalue weighted by Gasteiger charge is -2.43. The number of amides is 1. The first-order valence-corrected chi connectivity index (χ1v) is 13.3. The molecule has 2 fully saturated rings. The second-order valence-electron chi connectivity index (χ2n) is 9.69. The van der Waals surface area contributed by atoms with Crippen LogP contribution in [0, 0.1) is 23.5 Å². The molecular formula is C25H30ClF2N3OS. The molecule has 3 N–H and O–H groups in total. The van der Waals surface area contributed by atoms with Crippen LogP contribution in [-0.2, 0) is 10.5 Å². The molecule has 2 heterocycles. The van der Waals surface area contributed by atoms with E-state index in [1.807, 2.05) is 12.1 Å². The molecule has 5 rings (SSSR count). The molecule has 8 heteroatoms. The molecule has 0 spiro atoms. The van der Waals surface area contributed by atoms with Crippen LogP contribution in [-0.4, -0.2) is 11.9 Å². The number of halogens is 3. The van der Waals surface area contributed by atoms with Gasteiger partial charge < -0.3 is 16.0 Å². The molecule has 33 heavy (non-hydrogen) atoms. The second-order valence-corrected chi connectivity index (χ2v) is 11.4. The molecule has 0 bridgehead atoms. The summed E-state index contributed by atoms with van der Waals surface area (Å²) in [5.74, 6) is -2.12. The van der Waals surface area contributed by atoms with E-state index < -0.39 is 23.2 Å². The molecule has 1 aromatic carbocycles. The summed E-state index contributed by atoms with van der Waals surface area (Å²) in [5, 5.41) is 10.2. The van der Waals surface area contributed by atoms with Gasteiger partial charge in [0.05, 0.1) is 26.5 Å². The second kappa shape index (κ2) is 9.41. The number of thiophene rings is 1. The molecule has 0 radical (unpaired) electrons. The largest absolute Gasteiger partial charge is 0.356 e. The van der Waals surface area contributed by atoms with Crippen LogP contribution in [0.3, 0.4) is 0 Å². The van der Waals surface area contributed by atoms with E-state index >= 15 is 0 Å². The fourth-order valence-corrected chi connectivity index (χ4v) is 7.12. The predicted molar refractivity (Wildman–Crippen MR) is 130 cm³/mol. The van der Waals surface area contributed by atoms with Crippen molar-refractivity contribution in [1.29, 1.82) is 0 Å². The Morgan fingerprint density at radius 3 is 2.09 bits per heavy atom. The van der Waals surface area contributed by atoms with E-state index in [9.17, 15) is 13.6 Å². The van der Waals surface area contributed by atoms with Crippen LogP contribution in [0.2, 0.25) is 4.34 Å². The van der Waals surface area contributed by atoms with Gasteiger partial charge in [-0.3, -0.25) is 4.79 Å². The Morgan fingerprint density at radius 1 is 0.970 bits per heavy atom. The van der Waals surface area contributed by atoms with Gasteiger partial charge in [0.1, 0.15) is 0 Å². The molecule has 3 aliphatic rings. The molecule has 1 aliphatic heterocycles. The first-order valence-electron chi connectivity index (χ1n) is 12.1. The third-order valence-electron chi connectivity index (χ3n) is 7.51. The van der Waals surface area contributed by atoms with Gasteiger partial charge >= 0.3 is 0 Å². The highest BCUT2D eigenvalue weighted by molar-refractivity contribution is 7.16. The molecule has 1 amide bonds. The maximum Gasteiger partial charge on any atom is 0.228 e. The quantitative estimate of drug-likeness (QED) is 0.419. The Hall–Kier alpha value is -1.86. The average Bonchev–Trinajstić information content (AvgIpc) is 3.40. The lowest BCUT2D eigenvalue weighted by Crippen LogP contribution is -2.56. The molecule has 2 aromatic rings. The highest BCUT2D eigenvalue weighted by atomic mass is 35.5. The number of fused-ring (bicyclic) bond motifs is 1. The first kappa shape index (κ1) is 22.9. The smallest absolute Gasteiger partial charge is 0.228 e. The van der Waals surface area contributed by atoms with Gasteiger partial charge in [0.2, 0.25) is 5.91 Å². The normalized spacial score (nSPS) is 21.7. The highest BCUT2D eigenvalue weighted by Crippen LogP contribution is 2.51. The minimum absolute atomic E-state index is 0.00655. The molecule has 178 valence electrons. The number of nitrogens with one attached hydrogen (secondary N) is 3. The van der Waals surface area contributed by atoms with Gasteiger partial charge in [-0.2, -0.15) is 0 Å². The fourth-order valence-electron chi connectivity index (χ4n) is 5.94. The summed E-state index contributed by atoms with van der Waals surface area (Å²) in [4.78, 5) is 14.8. The number of hydrogen-bond donors (Lipinski definition) is 3. The minimum Gasteiger partial charge on any atom is -0.356 e. The minimum atomic E-state index is -1.01. The van der Waals surface area contributed by atoms with E-state index in [4.69, 9.17) is 11.6 Å². The Balaban J connectivity index is 1.57. The van der Waals surface area contributed by atoms with Crippen LogP contribution in [0.1, 0.15) is 69.1 Å². The monoisotopic (exact) mass is 493 g/mol. The summed E-state index contributed by atoms with van der Waals surface area (Å²) in [6, 6.07) is 6.25. The third kappa shape index (κ3) is 4.46. The van der Waals surface area contributed by atoms with Gasteiger partial charge in [-0.25, -0.2) is 8.78 Å². The summed E-state index contributed by atoms with van der Waals surface area (Å²) in [5.41, 5.74) is -0.0874. The van der Waals surface area contributed by atoms with Crippen molar-refractivity contribution in [1.82, 2.24) is 5.32 Å². The fraction of sp³-hybridized carbons (Fsp3) is 0.560. The third-order valence-corrected chi connectivity index (χ3v) is 8.87. The summed E-state index contributed by atoms with van der Waals surface area (Å²) in [6.45, 7) is 0. The predicted octanol–water partition coefficient (Wildman–Crippen LogP) is 7.02. The van der Waals surface area contributed by atoms with Gasteiger partial charge in [0, 0.05) is 18.2 Å². The van der Waals surface area contributed by atoms with E-state index in [2.05, 4.69) is 16.0 Å². The van der Waals surface area contributed by atoms with Crippen molar-refractivity contribution < 1.29 is 13.6 Å². The van der Waals surface area contributed by atoms with E-state index in [1.165, 1.54) is 36.3 Å². The van der Waals surface area contributed by atoms with Crippen molar-refractivity contribution in [2.24, 2.45) is 11.8 Å². The Bertz CT molecular complexity index is 986. The number of rotatable bonds is 5. The van der Waals surface area contributed by atoms with Crippen LogP contribution in [0.15, 0.2) is 24.3 Å². The van der Waals surface area contributed by atoms with Crippen molar-refractivity contribution in [2.45, 2.75) is 75.9 Å². The molecule has 4 nitrogen and oxygen atoms in total. The van der Waals surface area contributed by atoms with E-state index in [-0.39, 0.29) is 17.9 Å². The van der Waals surface area contributed by atoms with Crippen LogP contribution in [0.25, 0.3) is 0 Å². The molecule has 1 aromatic heterocycles. The average molecular weight is 494 g/mol. The summed E-state index contributed by atoms with van der Waals surface area (Å²) in [7, 11) is 0. The maximum atomic E-state index is 14.1. The number of anilines is 2. The van der Waals surface area contributed by atoms with Crippen molar-refractivity contribution in [3.8, 4) is 0 Å². The Labute approximate surface area is 202 Å². The van der Waals surface area contributed by atoms with E-state index in [0.29, 0.717) is 15.7 Å². The number of carbonyl (C=O) groups excluding carboxylic acids is 1. The van der Waals surface area contributed by atoms with E-state index in [1.54, 1.807) is 0 Å². The first-order chi connectivity index (χ1) is 16.0. The van der Waals surface area contributed by atoms with Gasteiger partial charge in [-0.1, -0.05) is 50.1 Å². The van der Waals surface area contributed by atoms with Gasteiger partial charge in [-0.05, 0) is 43.7 Å². The molecule has 1 unspecified atom stereocenters. The van der Waals surface area contributed by atoms with Crippen molar-refractivity contribution in [3.05, 3.63) is 45.1 Å². The highest BCUT2D eigenvalue weighted by Gasteiger charge is 2.53. The lowest BCUT2D eigenvalue weighted by molar-refractivity contribution is -0.130. The number of hydrogen-bond acceptors (Lipinski definition) is 4. The standard InChI is InChI=1S/C25H30ClF2N3OS/c26-22-12-11-21(33-22)25(30-19-13-17(27)18(28)14-20(19)31-25)23(15-7-3-1-4-8-15)24(32)29-16-9-5-2-6-10-16/h11-16,23,30-31H,1-10H2,(H,29,32). The van der Waals surface area contributed by atoms with Crippen LogP contribution in [0.4, 0.5) is 20.2 Å². The molecular weight excluding hydrogens is 464 g/mol. The molecule has 0 saturated heterocycles. The van der Waals surface area contributed by atoms with Crippen LogP contribution < -0.4 is 16.0 Å². The van der Waals surface area contributed by atoms with Gasteiger partial charge in [0.25, 0.3) is 0 Å². The van der Waals surface area contributed by atoms with Crippen molar-refractivity contribution in [3.63, 3.8) is 0 Å². The maximum absolute atomic E-state index is 14.1. The molecule has 2 aliphatic carbocycles. The summed E-state index contributed by atoms with van der Waals surface area (Å²) < 4.78 is 28.8.